The minimum absolute atomic E-state index is 0.0322. The van der Waals surface area contributed by atoms with Gasteiger partial charge in [0.15, 0.2) is 5.82 Å². The van der Waals surface area contributed by atoms with Crippen LogP contribution in [0.2, 0.25) is 0 Å². The smallest absolute Gasteiger partial charge is 0.151 e. The lowest BCUT2D eigenvalue weighted by Crippen LogP contribution is -2.42. The average molecular weight is 551 g/mol. The van der Waals surface area contributed by atoms with Crippen LogP contribution in [-0.2, 0) is 0 Å². The molecule has 0 aliphatic carbocycles. The lowest BCUT2D eigenvalue weighted by molar-refractivity contribution is 0.109. The van der Waals surface area contributed by atoms with Crippen molar-refractivity contribution in [2.45, 2.75) is 59.2 Å². The molecule has 0 amide bonds. The van der Waals surface area contributed by atoms with Gasteiger partial charge in [-0.25, -0.2) is 28.1 Å². The first kappa shape index (κ1) is 29.3. The van der Waals surface area contributed by atoms with Crippen molar-refractivity contribution in [1.82, 2.24) is 19.4 Å². The van der Waals surface area contributed by atoms with Gasteiger partial charge < -0.3 is 14.8 Å². The minimum Gasteiger partial charge on any atom is -0.326 e. The van der Waals surface area contributed by atoms with Crippen molar-refractivity contribution >= 4 is 28.1 Å². The summed E-state index contributed by atoms with van der Waals surface area (Å²) in [6.07, 6.45) is 3.61. The molecule has 212 valence electrons. The first-order valence-electron chi connectivity index (χ1n) is 13.6. The highest BCUT2D eigenvalue weighted by Crippen LogP contribution is 2.38. The van der Waals surface area contributed by atoms with Crippen molar-refractivity contribution in [2.24, 2.45) is 4.99 Å². The molecule has 1 saturated heterocycles. The highest BCUT2D eigenvalue weighted by Gasteiger charge is 2.37. The molecule has 9 heteroatoms. The normalized spacial score (nSPS) is 16.5. The number of nitrogens with zero attached hydrogens (tertiary/aromatic N) is 5. The van der Waals surface area contributed by atoms with Gasteiger partial charge in [0, 0.05) is 30.9 Å². The van der Waals surface area contributed by atoms with Gasteiger partial charge in [-0.15, -0.1) is 0 Å². The van der Waals surface area contributed by atoms with Crippen LogP contribution in [0.3, 0.4) is 0 Å². The Labute approximate surface area is 234 Å². The van der Waals surface area contributed by atoms with E-state index in [0.29, 0.717) is 54.2 Å². The van der Waals surface area contributed by atoms with Crippen molar-refractivity contribution in [3.05, 3.63) is 84.1 Å². The zero-order valence-corrected chi connectivity index (χ0v) is 23.9. The Morgan fingerprint density at radius 2 is 1.90 bits per heavy atom. The number of aryl methyl sites for hydroxylation is 1. The van der Waals surface area contributed by atoms with Gasteiger partial charge in [0.1, 0.15) is 40.2 Å². The van der Waals surface area contributed by atoms with Crippen molar-refractivity contribution in [3.8, 4) is 0 Å². The van der Waals surface area contributed by atoms with E-state index in [9.17, 15) is 0 Å². The van der Waals surface area contributed by atoms with Gasteiger partial charge in [0.2, 0.25) is 0 Å². The van der Waals surface area contributed by atoms with E-state index in [1.165, 1.54) is 19.1 Å². The van der Waals surface area contributed by atoms with E-state index in [-0.39, 0.29) is 28.7 Å². The molecule has 0 bridgehead atoms. The molecule has 1 aliphatic rings. The number of piperidine rings is 1. The number of halogens is 3. The molecule has 1 aliphatic heterocycles. The SMILES string of the molecule is C=C(/N=C(\C(F)=C/C)c1cc(F)c2nc(C)n(C(C)C)c2c1)Nc1ccc(C(=C)C2(F)CCN(CC)CC2)cn1. The summed E-state index contributed by atoms with van der Waals surface area (Å²) in [5.74, 6) is -0.0208. The molecule has 1 fully saturated rings. The Balaban J connectivity index is 1.57. The molecule has 0 unspecified atom stereocenters. The van der Waals surface area contributed by atoms with Gasteiger partial charge in [-0.3, -0.25) is 0 Å². The van der Waals surface area contributed by atoms with E-state index in [1.807, 2.05) is 25.3 Å². The van der Waals surface area contributed by atoms with Crippen molar-refractivity contribution < 1.29 is 13.2 Å². The van der Waals surface area contributed by atoms with E-state index in [1.54, 1.807) is 24.4 Å². The summed E-state index contributed by atoms with van der Waals surface area (Å²) >= 11 is 0. The fraction of sp³-hybridized carbons (Fsp3) is 0.387. The monoisotopic (exact) mass is 550 g/mol. The molecule has 6 nitrogen and oxygen atoms in total. The van der Waals surface area contributed by atoms with Crippen molar-refractivity contribution in [2.75, 3.05) is 25.0 Å². The third-order valence-electron chi connectivity index (χ3n) is 7.46. The van der Waals surface area contributed by atoms with E-state index in [4.69, 9.17) is 0 Å². The number of nitrogens with one attached hydrogen (secondary N) is 1. The number of fused-ring (bicyclic) bond motifs is 1. The summed E-state index contributed by atoms with van der Waals surface area (Å²) in [4.78, 5) is 15.3. The number of pyridine rings is 1. The Kier molecular flexibility index (Phi) is 8.63. The lowest BCUT2D eigenvalue weighted by Gasteiger charge is -2.37. The third-order valence-corrected chi connectivity index (χ3v) is 7.46. The quantitative estimate of drug-likeness (QED) is 0.280. The molecule has 0 radical (unpaired) electrons. The van der Waals surface area contributed by atoms with Gasteiger partial charge in [-0.1, -0.05) is 20.1 Å². The van der Waals surface area contributed by atoms with Crippen LogP contribution < -0.4 is 5.32 Å². The molecule has 3 aromatic rings. The second kappa shape index (κ2) is 11.8. The maximum atomic E-state index is 15.6. The lowest BCUT2D eigenvalue weighted by atomic mass is 9.83. The van der Waals surface area contributed by atoms with Crippen LogP contribution in [-0.4, -0.2) is 50.4 Å². The van der Waals surface area contributed by atoms with Crippen LogP contribution in [0.25, 0.3) is 16.6 Å². The summed E-state index contributed by atoms with van der Waals surface area (Å²) < 4.78 is 47.6. The van der Waals surface area contributed by atoms with E-state index in [0.717, 1.165) is 6.54 Å². The molecule has 3 heterocycles. The number of imidazole rings is 1. The molecule has 40 heavy (non-hydrogen) atoms. The topological polar surface area (TPSA) is 58.3 Å². The predicted molar refractivity (Wildman–Crippen MR) is 157 cm³/mol. The number of aliphatic imine (C=N–C) groups is 1. The Bertz CT molecular complexity index is 1470. The maximum Gasteiger partial charge on any atom is 0.151 e. The number of alkyl halides is 1. The standard InChI is InChI=1S/C31H37F3N6/c1-8-25(32)29(24-16-26(33)30-27(17-24)40(19(3)4)22(7)38-30)37-21(6)36-28-11-10-23(18-35-28)20(5)31(34)12-14-39(9-2)15-13-31/h8,10-11,16-19H,5-6,9,12-15H2,1-4,7H3,(H,35,36)/b25-8+,37-29-. The maximum absolute atomic E-state index is 15.6. The number of hydrogen-bond donors (Lipinski definition) is 1. The van der Waals surface area contributed by atoms with Crippen LogP contribution >= 0.6 is 0 Å². The van der Waals surface area contributed by atoms with Gasteiger partial charge >= 0.3 is 0 Å². The van der Waals surface area contributed by atoms with Gasteiger partial charge in [0.05, 0.1) is 5.52 Å². The first-order valence-corrected chi connectivity index (χ1v) is 13.6. The van der Waals surface area contributed by atoms with Crippen LogP contribution in [0.4, 0.5) is 19.0 Å². The molecule has 0 spiro atoms. The van der Waals surface area contributed by atoms with Crippen LogP contribution in [0.15, 0.2) is 66.3 Å². The van der Waals surface area contributed by atoms with E-state index in [2.05, 4.69) is 45.3 Å². The summed E-state index contributed by atoms with van der Waals surface area (Å²) in [6.45, 7) is 19.6. The van der Waals surface area contributed by atoms with Crippen LogP contribution in [0.1, 0.15) is 63.5 Å². The number of likely N-dealkylation sites (tertiary alicyclic amines) is 1. The van der Waals surface area contributed by atoms with Gasteiger partial charge in [-0.05, 0) is 88.6 Å². The summed E-state index contributed by atoms with van der Waals surface area (Å²) in [7, 11) is 0. The summed E-state index contributed by atoms with van der Waals surface area (Å²) in [6, 6.07) is 6.36. The molecule has 1 N–H and O–H groups in total. The number of benzene rings is 1. The molecule has 0 saturated carbocycles. The number of allylic oxidation sites excluding steroid dienone is 3. The second-order valence-corrected chi connectivity index (χ2v) is 10.4. The fourth-order valence-corrected chi connectivity index (χ4v) is 5.19. The Morgan fingerprint density at radius 1 is 1.20 bits per heavy atom. The molecule has 4 rings (SSSR count). The zero-order chi connectivity index (χ0) is 29.2. The highest BCUT2D eigenvalue weighted by atomic mass is 19.1. The first-order chi connectivity index (χ1) is 19.0. The molecular weight excluding hydrogens is 513 g/mol. The van der Waals surface area contributed by atoms with Crippen molar-refractivity contribution in [1.29, 1.82) is 0 Å². The van der Waals surface area contributed by atoms with Crippen LogP contribution in [0, 0.1) is 12.7 Å². The summed E-state index contributed by atoms with van der Waals surface area (Å²) in [5, 5.41) is 2.95. The molecule has 1 aromatic carbocycles. The molecular formula is C31H37F3N6. The van der Waals surface area contributed by atoms with Gasteiger partial charge in [-0.2, -0.15) is 0 Å². The minimum atomic E-state index is -1.46. The second-order valence-electron chi connectivity index (χ2n) is 10.4. The number of rotatable bonds is 9. The summed E-state index contributed by atoms with van der Waals surface area (Å²) in [5.41, 5.74) is 0.545. The largest absolute Gasteiger partial charge is 0.326 e. The highest BCUT2D eigenvalue weighted by molar-refractivity contribution is 6.13. The van der Waals surface area contributed by atoms with E-state index >= 15 is 13.2 Å². The fourth-order valence-electron chi connectivity index (χ4n) is 5.19. The molecule has 0 atom stereocenters. The molecule has 2 aromatic heterocycles. The third kappa shape index (κ3) is 5.89. The predicted octanol–water partition coefficient (Wildman–Crippen LogP) is 7.54. The zero-order valence-electron chi connectivity index (χ0n) is 23.9. The van der Waals surface area contributed by atoms with Crippen molar-refractivity contribution in [3.63, 3.8) is 0 Å². The Hall–Kier alpha value is -3.72. The van der Waals surface area contributed by atoms with Gasteiger partial charge in [0.25, 0.3) is 0 Å². The van der Waals surface area contributed by atoms with Crippen LogP contribution in [0.5, 0.6) is 0 Å². The number of aromatic nitrogens is 3. The average Bonchev–Trinajstić information content (AvgIpc) is 3.28. The number of anilines is 1. The van der Waals surface area contributed by atoms with E-state index < -0.39 is 17.3 Å². The Morgan fingerprint density at radius 3 is 2.48 bits per heavy atom. The number of hydrogen-bond acceptors (Lipinski definition) is 5.